The number of fused-ring (bicyclic) bond motifs is 12. The average Bonchev–Trinajstić information content (AvgIpc) is 1.59. The average molecular weight is 1440 g/mol. The molecule has 1 N–H and O–H groups in total. The molecule has 0 bridgehead atoms. The van der Waals surface area contributed by atoms with Crippen LogP contribution < -0.4 is 4.74 Å². The first-order chi connectivity index (χ1) is 53.8. The van der Waals surface area contributed by atoms with Gasteiger partial charge in [0.15, 0.2) is 0 Å². The van der Waals surface area contributed by atoms with E-state index < -0.39 is 0 Å². The predicted molar refractivity (Wildman–Crippen MR) is 450 cm³/mol. The minimum Gasteiger partial charge on any atom is -0.508 e. The third-order valence-electron chi connectivity index (χ3n) is 19.1. The number of aromatic hydroxyl groups is 1. The summed E-state index contributed by atoms with van der Waals surface area (Å²) in [6.45, 7) is 11.7. The molecule has 0 spiro atoms. The van der Waals surface area contributed by atoms with Gasteiger partial charge in [0.05, 0.1) is 50.7 Å². The van der Waals surface area contributed by atoms with Crippen molar-refractivity contribution in [1.29, 1.82) is 0 Å². The van der Waals surface area contributed by atoms with Crippen LogP contribution in [0.2, 0.25) is 0 Å². The summed E-state index contributed by atoms with van der Waals surface area (Å²) in [5.41, 5.74) is 18.4. The molecule has 20 aromatic rings. The second kappa shape index (κ2) is 31.3. The molecular weight excluding hydrogens is 1360 g/mol. The molecule has 0 aliphatic rings. The van der Waals surface area contributed by atoms with E-state index in [1.54, 1.807) is 18.2 Å². The third kappa shape index (κ3) is 13.9. The first-order valence-corrected chi connectivity index (χ1v) is 36.7. The lowest BCUT2D eigenvalue weighted by molar-refractivity contribution is 0.340. The van der Waals surface area contributed by atoms with E-state index in [-0.39, 0.29) is 5.75 Å². The van der Waals surface area contributed by atoms with Crippen LogP contribution in [0.15, 0.2) is 362 Å². The molecule has 0 saturated heterocycles. The number of rotatable bonds is 12. The zero-order chi connectivity index (χ0) is 74.2. The number of alkyl halides is 1. The predicted octanol–water partition coefficient (Wildman–Crippen LogP) is 25.2. The Labute approximate surface area is 634 Å². The molecule has 0 atom stereocenters. The number of hydrogen-bond acceptors (Lipinski definition) is 8. The highest BCUT2D eigenvalue weighted by Gasteiger charge is 2.23. The maximum absolute atomic E-state index is 10.0. The number of phenolic OH excluding ortho intramolecular Hbond substituents is 1. The van der Waals surface area contributed by atoms with Crippen LogP contribution in [0.3, 0.4) is 0 Å². The van der Waals surface area contributed by atoms with Crippen molar-refractivity contribution in [1.82, 2.24) is 38.7 Å². The maximum Gasteiger partial charge on any atom is 0.248 e. The maximum atomic E-state index is 10.0. The van der Waals surface area contributed by atoms with E-state index in [9.17, 15) is 5.11 Å². The van der Waals surface area contributed by atoms with Gasteiger partial charge < -0.3 is 36.9 Å². The number of phenols is 1. The lowest BCUT2D eigenvalue weighted by atomic mass is 10.1. The summed E-state index contributed by atoms with van der Waals surface area (Å²) >= 11 is 5.00. The minimum atomic E-state index is 0.143. The van der Waals surface area contributed by atoms with Crippen LogP contribution in [0.1, 0.15) is 25.0 Å². The largest absolute Gasteiger partial charge is 0.508 e. The topological polar surface area (TPSA) is 127 Å². The van der Waals surface area contributed by atoms with Crippen molar-refractivity contribution in [3.05, 3.63) is 364 Å². The lowest BCUT2D eigenvalue weighted by Crippen LogP contribution is -2.00. The van der Waals surface area contributed by atoms with Gasteiger partial charge in [0, 0.05) is 94.0 Å². The van der Waals surface area contributed by atoms with Crippen LogP contribution in [0.4, 0.5) is 0 Å². The van der Waals surface area contributed by atoms with Crippen LogP contribution in [0.5, 0.6) is 11.5 Å². The number of aromatic nitrogens is 8. The van der Waals surface area contributed by atoms with Crippen molar-refractivity contribution in [3.8, 4) is 80.1 Å². The second-order valence-electron chi connectivity index (χ2n) is 25.8. The lowest BCUT2D eigenvalue weighted by Gasteiger charge is -2.14. The summed E-state index contributed by atoms with van der Waals surface area (Å²) in [5.74, 6) is 3.26. The van der Waals surface area contributed by atoms with Crippen LogP contribution >= 0.6 is 11.6 Å². The van der Waals surface area contributed by atoms with Crippen LogP contribution in [-0.2, 0) is 0 Å². The Hall–Kier alpha value is -14.1. The molecule has 0 aliphatic carbocycles. The summed E-state index contributed by atoms with van der Waals surface area (Å²) in [6, 6.07) is 116. The number of benzene rings is 14. The molecule has 20 rings (SSSR count). The van der Waals surface area contributed by atoms with Gasteiger partial charge in [-0.15, -0.1) is 32.0 Å². The SMILES string of the molecule is C=Cc1ccccc1.C=Cc1ccccc1.CCCl.CCOc1cccc(-c2nnc(-c3cc(-n4c5ccccc5c5ccccc54)cc(-n4c5ccccc5c5ccccc54)c3)o2)c1.Oc1cccc(-c2nnc(-c3cc(-n4c5ccccc5c5ccccc54)cc(-n4c5ccccc5c5ccccc54)c3)o2)c1. The summed E-state index contributed by atoms with van der Waals surface area (Å²) in [7, 11) is 0. The number of para-hydroxylation sites is 8. The molecule has 0 radical (unpaired) electrons. The number of halogens is 1. The van der Waals surface area contributed by atoms with Gasteiger partial charge in [-0.25, -0.2) is 0 Å². The molecule has 109 heavy (non-hydrogen) atoms. The minimum absolute atomic E-state index is 0.143. The number of hydrogen-bond donors (Lipinski definition) is 1. The fourth-order valence-corrected chi connectivity index (χ4v) is 14.4. The quantitative estimate of drug-likeness (QED) is 0.120. The molecule has 0 saturated carbocycles. The van der Waals surface area contributed by atoms with Crippen molar-refractivity contribution in [2.75, 3.05) is 12.5 Å². The van der Waals surface area contributed by atoms with Crippen LogP contribution in [-0.4, -0.2) is 56.3 Å². The first kappa shape index (κ1) is 69.3. The second-order valence-corrected chi connectivity index (χ2v) is 26.3. The zero-order valence-corrected chi connectivity index (χ0v) is 60.7. The Kier molecular flexibility index (Phi) is 19.9. The molecule has 0 amide bonds. The standard InChI is InChI=1S/C40H28N4O2.C38H24N4O2.2C8H8.C2H5Cl/c1-2-45-30-13-11-12-26(24-30)39-41-42-40(46-39)27-22-28(43-35-18-7-3-14-31(35)32-15-4-8-19-36(32)43)25-29(23-27)44-37-20-9-5-16-33(37)34-17-6-10-21-38(34)44;43-28-11-9-10-24(22-28)37-39-40-38(44-37)25-20-26(41-33-16-5-1-12-29(33)30-13-2-6-17-34(30)41)23-27(21-25)42-35-18-7-3-14-31(35)32-15-4-8-19-36(32)42;2*1-2-8-6-4-3-5-7-8;1-2-3/h3-25H,2H2,1H3;1-23,43H;2*2-7H,1H2;2H2,1H3. The van der Waals surface area contributed by atoms with Gasteiger partial charge in [-0.05, 0) is 139 Å². The van der Waals surface area contributed by atoms with Gasteiger partial charge in [-0.1, -0.05) is 251 Å². The molecule has 12 nitrogen and oxygen atoms in total. The van der Waals surface area contributed by atoms with E-state index in [0.29, 0.717) is 35.7 Å². The highest BCUT2D eigenvalue weighted by Crippen LogP contribution is 2.41. The molecule has 0 unspecified atom stereocenters. The van der Waals surface area contributed by atoms with Gasteiger partial charge in [-0.2, -0.15) is 0 Å². The van der Waals surface area contributed by atoms with Gasteiger partial charge in [-0.3, -0.25) is 0 Å². The Morgan fingerprint density at radius 3 is 0.835 bits per heavy atom. The normalized spacial score (nSPS) is 11.1. The highest BCUT2D eigenvalue weighted by atomic mass is 35.5. The van der Waals surface area contributed by atoms with Crippen molar-refractivity contribution >= 4 is 111 Å². The Morgan fingerprint density at radius 2 is 0.569 bits per heavy atom. The van der Waals surface area contributed by atoms with Gasteiger partial charge in [0.1, 0.15) is 11.5 Å². The van der Waals surface area contributed by atoms with Crippen LogP contribution in [0.25, 0.3) is 168 Å². The fraction of sp³-hybridized carbons (Fsp3) is 0.0417. The van der Waals surface area contributed by atoms with Gasteiger partial charge in [0.25, 0.3) is 0 Å². The van der Waals surface area contributed by atoms with E-state index in [1.807, 2.05) is 117 Å². The van der Waals surface area contributed by atoms with Gasteiger partial charge in [0.2, 0.25) is 23.6 Å². The van der Waals surface area contributed by atoms with E-state index >= 15 is 0 Å². The summed E-state index contributed by atoms with van der Waals surface area (Å²) in [5, 5.41) is 37.5. The van der Waals surface area contributed by atoms with Crippen molar-refractivity contribution in [2.24, 2.45) is 0 Å². The number of ether oxygens (including phenoxy) is 1. The summed E-state index contributed by atoms with van der Waals surface area (Å²) in [6.07, 6.45) is 3.67. The molecule has 6 heterocycles. The molecular formula is C96H73ClN8O4. The molecule has 6 aromatic heterocycles. The zero-order valence-electron chi connectivity index (χ0n) is 59.9. The molecule has 0 fully saturated rings. The first-order valence-electron chi connectivity index (χ1n) is 36.1. The van der Waals surface area contributed by atoms with Crippen LogP contribution in [0, 0.1) is 0 Å². The number of nitrogens with zero attached hydrogens (tertiary/aromatic N) is 8. The van der Waals surface area contributed by atoms with Crippen molar-refractivity contribution < 1.29 is 18.7 Å². The molecule has 13 heteroatoms. The summed E-state index contributed by atoms with van der Waals surface area (Å²) in [4.78, 5) is 0. The Bertz CT molecular complexity index is 6140. The van der Waals surface area contributed by atoms with E-state index in [2.05, 4.69) is 282 Å². The molecule has 0 aliphatic heterocycles. The summed E-state index contributed by atoms with van der Waals surface area (Å²) < 4.78 is 27.6. The van der Waals surface area contributed by atoms with E-state index in [0.717, 1.165) is 95.2 Å². The molecule has 14 aromatic carbocycles. The third-order valence-corrected chi connectivity index (χ3v) is 19.1. The smallest absolute Gasteiger partial charge is 0.248 e. The highest BCUT2D eigenvalue weighted by molar-refractivity contribution is 6.17. The Balaban J connectivity index is 0.000000134. The van der Waals surface area contributed by atoms with Crippen molar-refractivity contribution in [3.63, 3.8) is 0 Å². The Morgan fingerprint density at radius 1 is 0.312 bits per heavy atom. The van der Waals surface area contributed by atoms with Crippen molar-refractivity contribution in [2.45, 2.75) is 13.8 Å². The molecule has 528 valence electrons. The monoisotopic (exact) mass is 1440 g/mol. The van der Waals surface area contributed by atoms with E-state index in [4.69, 9.17) is 25.2 Å². The van der Waals surface area contributed by atoms with E-state index in [1.165, 1.54) is 54.2 Å². The van der Waals surface area contributed by atoms with Gasteiger partial charge >= 0.3 is 0 Å². The fourth-order valence-electron chi connectivity index (χ4n) is 14.4.